The van der Waals surface area contributed by atoms with Crippen molar-refractivity contribution in [3.8, 4) is 21.0 Å². The molecule has 1 atom stereocenters. The van der Waals surface area contributed by atoms with Crippen molar-refractivity contribution in [2.45, 2.75) is 64.1 Å². The molecule has 44 heavy (non-hydrogen) atoms. The summed E-state index contributed by atoms with van der Waals surface area (Å²) in [6.07, 6.45) is 0.850. The first-order valence-corrected chi connectivity index (χ1v) is 16.3. The van der Waals surface area contributed by atoms with Crippen LogP contribution >= 0.6 is 11.3 Å². The number of amides is 3. The molecule has 4 rings (SSSR count). The van der Waals surface area contributed by atoms with E-state index in [0.717, 1.165) is 11.1 Å². The molecule has 0 aliphatic carbocycles. The third kappa shape index (κ3) is 8.88. The predicted molar refractivity (Wildman–Crippen MR) is 175 cm³/mol. The maximum atomic E-state index is 13.6. The van der Waals surface area contributed by atoms with Crippen molar-refractivity contribution < 1.29 is 22.7 Å². The number of thiazole rings is 1. The molecule has 0 radical (unpaired) electrons. The largest absolute Gasteiger partial charge is 0.447 e. The summed E-state index contributed by atoms with van der Waals surface area (Å²) in [4.78, 5) is 29.9. The second-order valence-corrected chi connectivity index (χ2v) is 14.2. The molecule has 12 heteroatoms. The molecule has 0 spiro atoms. The molecular weight excluding hydrogens is 599 g/mol. The highest BCUT2D eigenvalue weighted by Gasteiger charge is 2.27. The highest BCUT2D eigenvalue weighted by atomic mass is 32.2. The van der Waals surface area contributed by atoms with E-state index in [9.17, 15) is 18.0 Å². The fourth-order valence-corrected chi connectivity index (χ4v) is 6.95. The second kappa shape index (κ2) is 13.6. The van der Waals surface area contributed by atoms with Gasteiger partial charge in [0.2, 0.25) is 10.0 Å². The van der Waals surface area contributed by atoms with Crippen LogP contribution < -0.4 is 20.7 Å². The van der Waals surface area contributed by atoms with E-state index >= 15 is 0 Å². The Morgan fingerprint density at radius 1 is 0.886 bits per heavy atom. The van der Waals surface area contributed by atoms with Crippen molar-refractivity contribution in [2.24, 2.45) is 0 Å². The Morgan fingerprint density at radius 2 is 1.55 bits per heavy atom. The molecule has 232 valence electrons. The summed E-state index contributed by atoms with van der Waals surface area (Å²) in [5.41, 5.74) is 2.34. The molecule has 0 fully saturated rings. The Hall–Kier alpha value is -4.26. The summed E-state index contributed by atoms with van der Waals surface area (Å²) < 4.78 is 35.0. The Morgan fingerprint density at radius 3 is 2.18 bits per heavy atom. The van der Waals surface area contributed by atoms with Crippen LogP contribution in [-0.2, 0) is 14.8 Å². The molecule has 10 nitrogen and oxygen atoms in total. The first-order valence-electron chi connectivity index (χ1n) is 14.0. The maximum Gasteiger partial charge on any atom is 0.411 e. The maximum absolute atomic E-state index is 13.6. The van der Waals surface area contributed by atoms with E-state index in [1.165, 1.54) is 17.4 Å². The number of nitrogens with zero attached hydrogens (tertiary/aromatic N) is 1. The van der Waals surface area contributed by atoms with Crippen molar-refractivity contribution in [2.75, 3.05) is 10.6 Å². The predicted octanol–water partition coefficient (Wildman–Crippen LogP) is 7.39. The first kappa shape index (κ1) is 32.6. The molecule has 1 aromatic heterocycles. The summed E-state index contributed by atoms with van der Waals surface area (Å²) in [6, 6.07) is 20.7. The zero-order valence-corrected chi connectivity index (χ0v) is 27.1. The lowest BCUT2D eigenvalue weighted by Crippen LogP contribution is -2.40. The van der Waals surface area contributed by atoms with E-state index in [-0.39, 0.29) is 17.0 Å². The van der Waals surface area contributed by atoms with Crippen LogP contribution in [-0.4, -0.2) is 37.2 Å². The molecule has 0 aliphatic heterocycles. The molecule has 4 aromatic rings. The molecule has 1 heterocycles. The number of hydrogen-bond donors (Lipinski definition) is 4. The van der Waals surface area contributed by atoms with E-state index in [1.54, 1.807) is 65.1 Å². The smallest absolute Gasteiger partial charge is 0.411 e. The van der Waals surface area contributed by atoms with Crippen LogP contribution in [0.25, 0.3) is 21.0 Å². The minimum atomic E-state index is -4.00. The number of sulfonamides is 1. The number of anilines is 2. The number of urea groups is 1. The van der Waals surface area contributed by atoms with Crippen molar-refractivity contribution in [1.82, 2.24) is 15.0 Å². The zero-order chi connectivity index (χ0) is 32.1. The summed E-state index contributed by atoms with van der Waals surface area (Å²) in [6.45, 7) is 10.7. The number of benzene rings is 3. The number of hydrogen-bond acceptors (Lipinski definition) is 7. The normalized spacial score (nSPS) is 12.4. The van der Waals surface area contributed by atoms with Crippen LogP contribution in [0.5, 0.6) is 0 Å². The van der Waals surface area contributed by atoms with Crippen LogP contribution in [0.3, 0.4) is 0 Å². The minimum Gasteiger partial charge on any atom is -0.447 e. The molecule has 0 saturated carbocycles. The third-order valence-electron chi connectivity index (χ3n) is 6.11. The second-order valence-electron chi connectivity index (χ2n) is 11.5. The highest BCUT2D eigenvalue weighted by molar-refractivity contribution is 7.89. The first-order chi connectivity index (χ1) is 20.7. The van der Waals surface area contributed by atoms with Gasteiger partial charge in [-0.15, -0.1) is 11.3 Å². The summed E-state index contributed by atoms with van der Waals surface area (Å²) in [5.74, 6) is 0. The quantitative estimate of drug-likeness (QED) is 0.151. The number of carbonyl (C=O) groups is 2. The number of carbonyl (C=O) groups excluding carboxylic acids is 2. The zero-order valence-electron chi connectivity index (χ0n) is 25.5. The lowest BCUT2D eigenvalue weighted by Gasteiger charge is -2.22. The van der Waals surface area contributed by atoms with Gasteiger partial charge in [0.05, 0.1) is 21.9 Å². The van der Waals surface area contributed by atoms with Gasteiger partial charge in [0.1, 0.15) is 5.01 Å². The SMILES string of the molecule is CC(C)OC(=O)Nc1ccc(-c2ncc(-c3ccc(NC(=O)N[C@H](C)c4ccccc4)cc3S(=O)(=O)NC(C)(C)C)s2)cc1. The van der Waals surface area contributed by atoms with Gasteiger partial charge in [-0.25, -0.2) is 27.7 Å². The fraction of sp³-hybridized carbons (Fsp3) is 0.281. The molecule has 3 amide bonds. The van der Waals surface area contributed by atoms with Crippen LogP contribution in [0.15, 0.2) is 83.9 Å². The van der Waals surface area contributed by atoms with E-state index in [1.807, 2.05) is 49.4 Å². The summed E-state index contributed by atoms with van der Waals surface area (Å²) in [5, 5.41) is 8.98. The van der Waals surface area contributed by atoms with Gasteiger partial charge in [0, 0.05) is 34.2 Å². The van der Waals surface area contributed by atoms with Gasteiger partial charge >= 0.3 is 12.1 Å². The number of ether oxygens (including phenoxy) is 1. The van der Waals surface area contributed by atoms with Gasteiger partial charge in [-0.1, -0.05) is 36.4 Å². The molecule has 0 saturated heterocycles. The standard InChI is InChI=1S/C32H37N5O5S2/c1-20(2)42-31(39)36-24-14-12-23(13-15-24)29-33-19-27(43-29)26-17-16-25(18-28(26)44(40,41)37-32(4,5)6)35-30(38)34-21(3)22-10-8-7-9-11-22/h7-21,37H,1-6H3,(H,36,39)(H2,34,35,38)/t21-/m1/s1. The lowest BCUT2D eigenvalue weighted by molar-refractivity contribution is 0.130. The van der Waals surface area contributed by atoms with Gasteiger partial charge < -0.3 is 15.4 Å². The van der Waals surface area contributed by atoms with Gasteiger partial charge in [-0.05, 0) is 83.5 Å². The minimum absolute atomic E-state index is 0.0137. The van der Waals surface area contributed by atoms with E-state index in [4.69, 9.17) is 4.74 Å². The Kier molecular flexibility index (Phi) is 10.1. The van der Waals surface area contributed by atoms with Crippen LogP contribution in [0.1, 0.15) is 53.1 Å². The number of aromatic nitrogens is 1. The van der Waals surface area contributed by atoms with Crippen LogP contribution in [0.2, 0.25) is 0 Å². The van der Waals surface area contributed by atoms with E-state index in [0.29, 0.717) is 26.8 Å². The van der Waals surface area contributed by atoms with E-state index in [2.05, 4.69) is 25.7 Å². The Labute approximate surface area is 262 Å². The van der Waals surface area contributed by atoms with E-state index < -0.39 is 27.7 Å². The lowest BCUT2D eigenvalue weighted by atomic mass is 10.1. The summed E-state index contributed by atoms with van der Waals surface area (Å²) in [7, 11) is -4.00. The molecule has 0 bridgehead atoms. The van der Waals surface area contributed by atoms with Gasteiger partial charge in [0.25, 0.3) is 0 Å². The molecule has 4 N–H and O–H groups in total. The Bertz CT molecular complexity index is 1710. The van der Waals surface area contributed by atoms with Gasteiger partial charge in [-0.2, -0.15) is 0 Å². The van der Waals surface area contributed by atoms with Crippen molar-refractivity contribution in [3.05, 3.63) is 84.6 Å². The number of nitrogens with one attached hydrogen (secondary N) is 4. The Balaban J connectivity index is 1.60. The summed E-state index contributed by atoms with van der Waals surface area (Å²) >= 11 is 1.33. The van der Waals surface area contributed by atoms with Crippen molar-refractivity contribution in [1.29, 1.82) is 0 Å². The fourth-order valence-electron chi connectivity index (χ4n) is 4.26. The molecule has 0 aliphatic rings. The molecule has 3 aromatic carbocycles. The third-order valence-corrected chi connectivity index (χ3v) is 8.99. The van der Waals surface area contributed by atoms with Crippen molar-refractivity contribution in [3.63, 3.8) is 0 Å². The van der Waals surface area contributed by atoms with Gasteiger partial charge in [0.15, 0.2) is 0 Å². The average Bonchev–Trinajstić information content (AvgIpc) is 3.42. The average molecular weight is 636 g/mol. The monoisotopic (exact) mass is 635 g/mol. The highest BCUT2D eigenvalue weighted by Crippen LogP contribution is 2.37. The number of rotatable bonds is 9. The molecule has 0 unspecified atom stereocenters. The van der Waals surface area contributed by atoms with Gasteiger partial charge in [-0.3, -0.25) is 5.32 Å². The topological polar surface area (TPSA) is 139 Å². The van der Waals surface area contributed by atoms with Crippen LogP contribution in [0.4, 0.5) is 21.0 Å². The van der Waals surface area contributed by atoms with Crippen molar-refractivity contribution >= 4 is 44.9 Å². The van der Waals surface area contributed by atoms with Crippen LogP contribution in [0, 0.1) is 0 Å². The molecular formula is C32H37N5O5S2.